The molecule has 2 aliphatic carbocycles. The third-order valence-electron chi connectivity index (χ3n) is 14.0. The Morgan fingerprint density at radius 1 is 0.297 bits per heavy atom. The third kappa shape index (κ3) is 5.18. The highest BCUT2D eigenvalue weighted by atomic mass is 32.1. The lowest BCUT2D eigenvalue weighted by Gasteiger charge is -2.49. The maximum atomic E-state index is 2.47. The van der Waals surface area contributed by atoms with Gasteiger partial charge in [-0.3, -0.25) is 0 Å². The van der Waals surface area contributed by atoms with E-state index in [0.29, 0.717) is 0 Å². The summed E-state index contributed by atoms with van der Waals surface area (Å²) in [5.41, 5.74) is 17.6. The Hall–Kier alpha value is -7.78. The summed E-state index contributed by atoms with van der Waals surface area (Å²) in [7, 11) is 0. The van der Waals surface area contributed by atoms with Gasteiger partial charge in [-0.2, -0.15) is 0 Å². The Balaban J connectivity index is 1.10. The van der Waals surface area contributed by atoms with Crippen molar-refractivity contribution in [2.75, 3.05) is 4.90 Å². The fraction of sp³-hybridized carbons (Fsp3) is 0.0323. The molecular weight excluding hydrogens is 791 g/mol. The van der Waals surface area contributed by atoms with Gasteiger partial charge in [0.25, 0.3) is 0 Å². The van der Waals surface area contributed by atoms with E-state index < -0.39 is 10.8 Å². The Morgan fingerprint density at radius 3 is 1.58 bits per heavy atom. The standard InChI is InChI=1S/C62H41NS/c1-4-18-42(19-5-1)43-34-36-47(37-35-43)63(49-38-39-59-53(41-49)51-27-11-15-33-58(51)64-59)48-25-16-24-46(40-48)61(44-20-6-2-7-21-44)55-30-13-14-31-56(55)62(45-22-8-3-9-23-45)54-29-12-10-26-50(54)52-28-17-32-57(61)60(52)62/h1-41H. The van der Waals surface area contributed by atoms with Gasteiger partial charge in [-0.1, -0.05) is 200 Å². The van der Waals surface area contributed by atoms with Crippen molar-refractivity contribution in [2.45, 2.75) is 10.8 Å². The van der Waals surface area contributed by atoms with E-state index in [9.17, 15) is 0 Å². The van der Waals surface area contributed by atoms with Crippen LogP contribution in [0, 0.1) is 0 Å². The molecular formula is C62H41NS. The Bertz CT molecular complexity index is 3550. The average Bonchev–Trinajstić information content (AvgIpc) is 3.90. The molecule has 0 amide bonds. The summed E-state index contributed by atoms with van der Waals surface area (Å²) in [4.78, 5) is 2.46. The van der Waals surface area contributed by atoms with Crippen molar-refractivity contribution in [3.63, 3.8) is 0 Å². The van der Waals surface area contributed by atoms with E-state index in [-0.39, 0.29) is 0 Å². The number of nitrogens with zero attached hydrogens (tertiary/aromatic N) is 1. The van der Waals surface area contributed by atoms with Crippen molar-refractivity contribution in [1.82, 2.24) is 0 Å². The van der Waals surface area contributed by atoms with Gasteiger partial charge in [0.15, 0.2) is 0 Å². The normalized spacial score (nSPS) is 16.9. The van der Waals surface area contributed by atoms with Gasteiger partial charge in [0.1, 0.15) is 0 Å². The molecule has 0 spiro atoms. The number of rotatable bonds is 7. The van der Waals surface area contributed by atoms with Crippen LogP contribution in [0.2, 0.25) is 0 Å². The molecule has 0 aliphatic heterocycles. The summed E-state index contributed by atoms with van der Waals surface area (Å²) in [6.07, 6.45) is 0. The zero-order chi connectivity index (χ0) is 42.2. The predicted molar refractivity (Wildman–Crippen MR) is 269 cm³/mol. The van der Waals surface area contributed by atoms with E-state index in [1.807, 2.05) is 11.3 Å². The first-order valence-corrected chi connectivity index (χ1v) is 23.0. The second kappa shape index (κ2) is 14.4. The number of thiophene rings is 1. The SMILES string of the molecule is c1ccc(-c2ccc(N(c3cccc(C4(c5ccccc5)c5ccccc5C5(c6ccccc6)c6ccccc6-c6cccc4c65)c3)c3ccc4sc5ccccc5c4c3)cc2)cc1. The third-order valence-corrected chi connectivity index (χ3v) is 15.2. The molecule has 300 valence electrons. The molecule has 0 bridgehead atoms. The molecule has 1 heterocycles. The van der Waals surface area contributed by atoms with Crippen LogP contribution in [0.1, 0.15) is 44.5 Å². The van der Waals surface area contributed by atoms with E-state index in [4.69, 9.17) is 0 Å². The largest absolute Gasteiger partial charge is 0.310 e. The molecule has 64 heavy (non-hydrogen) atoms. The molecule has 0 fully saturated rings. The van der Waals surface area contributed by atoms with Gasteiger partial charge in [-0.15, -0.1) is 11.3 Å². The molecule has 2 unspecified atom stereocenters. The lowest BCUT2D eigenvalue weighted by molar-refractivity contribution is 0.627. The van der Waals surface area contributed by atoms with Crippen LogP contribution in [0.5, 0.6) is 0 Å². The number of fused-ring (bicyclic) bond motifs is 8. The quantitative estimate of drug-likeness (QED) is 0.155. The van der Waals surface area contributed by atoms with E-state index in [0.717, 1.165) is 17.1 Å². The van der Waals surface area contributed by atoms with Crippen molar-refractivity contribution < 1.29 is 0 Å². The van der Waals surface area contributed by atoms with Crippen LogP contribution < -0.4 is 4.90 Å². The minimum atomic E-state index is -0.657. The summed E-state index contributed by atoms with van der Waals surface area (Å²) in [5, 5.41) is 2.57. The fourth-order valence-corrected chi connectivity index (χ4v) is 12.6. The summed E-state index contributed by atoms with van der Waals surface area (Å²) < 4.78 is 2.60. The Labute approximate surface area is 377 Å². The van der Waals surface area contributed by atoms with Gasteiger partial charge in [0, 0.05) is 37.2 Å². The monoisotopic (exact) mass is 831 g/mol. The minimum absolute atomic E-state index is 0.498. The minimum Gasteiger partial charge on any atom is -0.310 e. The predicted octanol–water partition coefficient (Wildman–Crippen LogP) is 16.3. The second-order valence-electron chi connectivity index (χ2n) is 17.1. The van der Waals surface area contributed by atoms with Crippen LogP contribution in [0.4, 0.5) is 17.1 Å². The van der Waals surface area contributed by atoms with Gasteiger partial charge >= 0.3 is 0 Å². The first-order valence-electron chi connectivity index (χ1n) is 22.2. The molecule has 0 saturated heterocycles. The highest BCUT2D eigenvalue weighted by molar-refractivity contribution is 7.25. The summed E-state index contributed by atoms with van der Waals surface area (Å²) in [6.45, 7) is 0. The summed E-state index contributed by atoms with van der Waals surface area (Å²) >= 11 is 1.86. The van der Waals surface area contributed by atoms with Crippen LogP contribution in [0.25, 0.3) is 42.4 Å². The van der Waals surface area contributed by atoms with Gasteiger partial charge in [-0.05, 0) is 115 Å². The van der Waals surface area contributed by atoms with E-state index in [2.05, 4.69) is 254 Å². The van der Waals surface area contributed by atoms with Crippen LogP contribution >= 0.6 is 11.3 Å². The molecule has 2 aliphatic rings. The lowest BCUT2D eigenvalue weighted by atomic mass is 9.51. The molecule has 10 aromatic carbocycles. The van der Waals surface area contributed by atoms with Crippen LogP contribution in [-0.4, -0.2) is 0 Å². The van der Waals surface area contributed by atoms with Gasteiger partial charge in [0.2, 0.25) is 0 Å². The maximum Gasteiger partial charge on any atom is 0.0720 e. The van der Waals surface area contributed by atoms with Crippen LogP contribution in [0.15, 0.2) is 249 Å². The Kier molecular flexibility index (Phi) is 8.28. The second-order valence-corrected chi connectivity index (χ2v) is 18.2. The number of benzene rings is 10. The van der Waals surface area contributed by atoms with Gasteiger partial charge < -0.3 is 4.90 Å². The molecule has 2 heteroatoms. The van der Waals surface area contributed by atoms with Crippen molar-refractivity contribution in [1.29, 1.82) is 0 Å². The van der Waals surface area contributed by atoms with Crippen molar-refractivity contribution >= 4 is 48.6 Å². The highest BCUT2D eigenvalue weighted by Gasteiger charge is 2.57. The van der Waals surface area contributed by atoms with E-state index in [1.54, 1.807) is 0 Å². The zero-order valence-electron chi connectivity index (χ0n) is 35.0. The molecule has 1 aromatic heterocycles. The average molecular weight is 832 g/mol. The first kappa shape index (κ1) is 36.8. The molecule has 13 rings (SSSR count). The maximum absolute atomic E-state index is 2.47. The molecule has 1 nitrogen and oxygen atoms in total. The van der Waals surface area contributed by atoms with Gasteiger partial charge in [0.05, 0.1) is 10.8 Å². The number of anilines is 3. The summed E-state index contributed by atoms with van der Waals surface area (Å²) in [5.74, 6) is 0. The highest BCUT2D eigenvalue weighted by Crippen LogP contribution is 2.66. The number of hydrogen-bond donors (Lipinski definition) is 0. The molecule has 2 atom stereocenters. The molecule has 0 N–H and O–H groups in total. The molecule has 0 radical (unpaired) electrons. The zero-order valence-corrected chi connectivity index (χ0v) is 35.8. The first-order chi connectivity index (χ1) is 31.7. The van der Waals surface area contributed by atoms with Gasteiger partial charge in [-0.25, -0.2) is 0 Å². The fourth-order valence-electron chi connectivity index (χ4n) is 11.5. The van der Waals surface area contributed by atoms with Crippen molar-refractivity contribution in [2.24, 2.45) is 0 Å². The molecule has 11 aromatic rings. The van der Waals surface area contributed by atoms with Crippen molar-refractivity contribution in [3.8, 4) is 22.3 Å². The van der Waals surface area contributed by atoms with Crippen LogP contribution in [0.3, 0.4) is 0 Å². The Morgan fingerprint density at radius 2 is 0.812 bits per heavy atom. The number of hydrogen-bond acceptors (Lipinski definition) is 2. The summed E-state index contributed by atoms with van der Waals surface area (Å²) in [6, 6.07) is 92.9. The van der Waals surface area contributed by atoms with Crippen LogP contribution in [-0.2, 0) is 10.8 Å². The topological polar surface area (TPSA) is 3.24 Å². The van der Waals surface area contributed by atoms with E-state index >= 15 is 0 Å². The smallest absolute Gasteiger partial charge is 0.0720 e. The lowest BCUT2D eigenvalue weighted by Crippen LogP contribution is -2.44. The van der Waals surface area contributed by atoms with Crippen molar-refractivity contribution in [3.05, 3.63) is 293 Å². The molecule has 0 saturated carbocycles. The van der Waals surface area contributed by atoms with E-state index in [1.165, 1.54) is 86.9 Å².